The molecular weight excluding hydrogens is 162 g/mol. The highest BCUT2D eigenvalue weighted by molar-refractivity contribution is 5.84. The van der Waals surface area contributed by atoms with Crippen molar-refractivity contribution in [2.45, 2.75) is 26.2 Å². The van der Waals surface area contributed by atoms with Crippen molar-refractivity contribution >= 4 is 5.78 Å². The van der Waals surface area contributed by atoms with E-state index < -0.39 is 0 Å². The molecule has 0 N–H and O–H groups in total. The molecule has 0 aromatic carbocycles. The van der Waals surface area contributed by atoms with Gasteiger partial charge in [-0.15, -0.1) is 0 Å². The lowest BCUT2D eigenvalue weighted by atomic mass is 10.2. The average molecular weight is 181 g/mol. The lowest BCUT2D eigenvalue weighted by molar-refractivity contribution is -0.121. The summed E-state index contributed by atoms with van der Waals surface area (Å²) in [5.41, 5.74) is 0. The Morgan fingerprint density at radius 3 is 2.54 bits per heavy atom. The quantitative estimate of drug-likeness (QED) is 0.641. The van der Waals surface area contributed by atoms with Crippen LogP contribution in [0.15, 0.2) is 0 Å². The Morgan fingerprint density at radius 1 is 1.46 bits per heavy atom. The summed E-state index contributed by atoms with van der Waals surface area (Å²) in [5, 5.41) is 0. The van der Waals surface area contributed by atoms with Crippen LogP contribution >= 0.6 is 0 Å². The summed E-state index contributed by atoms with van der Waals surface area (Å²) in [6, 6.07) is 0. The van der Waals surface area contributed by atoms with Gasteiger partial charge in [-0.2, -0.15) is 0 Å². The summed E-state index contributed by atoms with van der Waals surface area (Å²) in [6.07, 6.45) is 3.65. The Morgan fingerprint density at radius 2 is 2.08 bits per heavy atom. The molecule has 0 aromatic rings. The number of rotatable bonds is 5. The first-order valence-corrected chi connectivity index (χ1v) is 5.38. The van der Waals surface area contributed by atoms with E-state index >= 15 is 0 Å². The first-order valence-electron chi connectivity index (χ1n) is 5.38. The van der Waals surface area contributed by atoms with Gasteiger partial charge in [0.2, 0.25) is 0 Å². The number of nitrogens with zero attached hydrogens (tertiary/aromatic N) is 1. The van der Waals surface area contributed by atoms with E-state index in [1.165, 1.54) is 6.42 Å². The molecule has 2 aliphatic rings. The number of likely N-dealkylation sites (N-methyl/N-ethyl adjacent to an activating group) is 1. The Hall–Kier alpha value is -0.370. The minimum absolute atomic E-state index is 0.430. The predicted octanol–water partition coefficient (Wildman–Crippen LogP) is 1.55. The van der Waals surface area contributed by atoms with Gasteiger partial charge in [0.15, 0.2) is 0 Å². The summed E-state index contributed by atoms with van der Waals surface area (Å²) in [7, 11) is 2.07. The lowest BCUT2D eigenvalue weighted by Crippen LogP contribution is -2.28. The first kappa shape index (κ1) is 9.20. The number of Topliss-reactive ketones (excluding diaryl/α,β-unsaturated/α-hetero) is 1. The van der Waals surface area contributed by atoms with Crippen LogP contribution in [-0.2, 0) is 4.79 Å². The molecule has 0 heterocycles. The molecule has 0 saturated heterocycles. The highest BCUT2D eigenvalue weighted by Crippen LogP contribution is 2.38. The number of carbonyl (C=O) groups is 1. The van der Waals surface area contributed by atoms with Crippen molar-refractivity contribution in [3.63, 3.8) is 0 Å². The number of carbonyl (C=O) groups excluding carboxylic acids is 1. The standard InChI is InChI=1S/C11H19NO/c1-8-5-10(8)6-12(2)7-11(13)9-3-4-9/h8-10H,3-7H2,1-2H3. The van der Waals surface area contributed by atoms with Gasteiger partial charge in [0.1, 0.15) is 5.78 Å². The summed E-state index contributed by atoms with van der Waals surface area (Å²) in [4.78, 5) is 13.7. The zero-order chi connectivity index (χ0) is 9.42. The van der Waals surface area contributed by atoms with E-state index in [0.29, 0.717) is 18.2 Å². The zero-order valence-electron chi connectivity index (χ0n) is 8.62. The van der Waals surface area contributed by atoms with Gasteiger partial charge in [0.05, 0.1) is 6.54 Å². The maximum absolute atomic E-state index is 11.5. The van der Waals surface area contributed by atoms with Crippen LogP contribution in [0, 0.1) is 17.8 Å². The number of hydrogen-bond donors (Lipinski definition) is 0. The Kier molecular flexibility index (Phi) is 2.41. The normalized spacial score (nSPS) is 32.2. The van der Waals surface area contributed by atoms with Gasteiger partial charge < -0.3 is 0 Å². The van der Waals surface area contributed by atoms with Crippen LogP contribution in [0.3, 0.4) is 0 Å². The molecule has 2 atom stereocenters. The molecule has 0 amide bonds. The molecule has 2 heteroatoms. The smallest absolute Gasteiger partial charge is 0.149 e. The van der Waals surface area contributed by atoms with Crippen molar-refractivity contribution < 1.29 is 4.79 Å². The highest BCUT2D eigenvalue weighted by Gasteiger charge is 2.35. The van der Waals surface area contributed by atoms with Crippen LogP contribution in [0.4, 0.5) is 0 Å². The SMILES string of the molecule is CC1CC1CN(C)CC(=O)C1CC1. The fourth-order valence-corrected chi connectivity index (χ4v) is 1.92. The van der Waals surface area contributed by atoms with Crippen LogP contribution < -0.4 is 0 Å². The van der Waals surface area contributed by atoms with E-state index in [9.17, 15) is 4.79 Å². The second-order valence-corrected chi connectivity index (χ2v) is 4.91. The summed E-state index contributed by atoms with van der Waals surface area (Å²) < 4.78 is 0. The van der Waals surface area contributed by atoms with Gasteiger partial charge in [0.25, 0.3) is 0 Å². The Balaban J connectivity index is 1.65. The van der Waals surface area contributed by atoms with Crippen molar-refractivity contribution in [1.82, 2.24) is 4.90 Å². The monoisotopic (exact) mass is 181 g/mol. The fraction of sp³-hybridized carbons (Fsp3) is 0.909. The van der Waals surface area contributed by atoms with Crippen LogP contribution in [-0.4, -0.2) is 30.8 Å². The zero-order valence-corrected chi connectivity index (χ0v) is 8.62. The van der Waals surface area contributed by atoms with Gasteiger partial charge in [0, 0.05) is 12.5 Å². The van der Waals surface area contributed by atoms with Gasteiger partial charge in [-0.1, -0.05) is 6.92 Å². The molecule has 74 valence electrons. The molecule has 2 aliphatic carbocycles. The maximum atomic E-state index is 11.5. The van der Waals surface area contributed by atoms with Crippen molar-refractivity contribution in [1.29, 1.82) is 0 Å². The minimum atomic E-state index is 0.430. The minimum Gasteiger partial charge on any atom is -0.299 e. The topological polar surface area (TPSA) is 20.3 Å². The van der Waals surface area contributed by atoms with E-state index in [4.69, 9.17) is 0 Å². The van der Waals surface area contributed by atoms with E-state index in [0.717, 1.165) is 31.2 Å². The highest BCUT2D eigenvalue weighted by atomic mass is 16.1. The molecule has 0 radical (unpaired) electrons. The molecule has 0 aromatic heterocycles. The van der Waals surface area contributed by atoms with E-state index in [2.05, 4.69) is 18.9 Å². The Labute approximate surface area is 80.3 Å². The molecular formula is C11H19NO. The van der Waals surface area contributed by atoms with Gasteiger partial charge >= 0.3 is 0 Å². The van der Waals surface area contributed by atoms with Crippen molar-refractivity contribution in [3.05, 3.63) is 0 Å². The molecule has 2 fully saturated rings. The average Bonchev–Trinajstić information content (AvgIpc) is 2.87. The number of hydrogen-bond acceptors (Lipinski definition) is 2. The van der Waals surface area contributed by atoms with Crippen molar-refractivity contribution in [2.75, 3.05) is 20.1 Å². The van der Waals surface area contributed by atoms with E-state index in [1.807, 2.05) is 0 Å². The Bertz CT molecular complexity index is 210. The predicted molar refractivity (Wildman–Crippen MR) is 52.5 cm³/mol. The first-order chi connectivity index (χ1) is 6.16. The van der Waals surface area contributed by atoms with Crippen LogP contribution in [0.25, 0.3) is 0 Å². The molecule has 13 heavy (non-hydrogen) atoms. The van der Waals surface area contributed by atoms with Crippen LogP contribution in [0.5, 0.6) is 0 Å². The molecule has 2 unspecified atom stereocenters. The van der Waals surface area contributed by atoms with E-state index in [-0.39, 0.29) is 0 Å². The van der Waals surface area contributed by atoms with Crippen molar-refractivity contribution in [3.8, 4) is 0 Å². The molecule has 2 rings (SSSR count). The third kappa shape index (κ3) is 2.53. The maximum Gasteiger partial charge on any atom is 0.149 e. The summed E-state index contributed by atoms with van der Waals surface area (Å²) in [5.74, 6) is 2.67. The second-order valence-electron chi connectivity index (χ2n) is 4.91. The van der Waals surface area contributed by atoms with Crippen LogP contribution in [0.2, 0.25) is 0 Å². The molecule has 0 aliphatic heterocycles. The largest absolute Gasteiger partial charge is 0.299 e. The number of ketones is 1. The van der Waals surface area contributed by atoms with Crippen LogP contribution in [0.1, 0.15) is 26.2 Å². The van der Waals surface area contributed by atoms with Gasteiger partial charge in [-0.3, -0.25) is 9.69 Å². The molecule has 2 saturated carbocycles. The fourth-order valence-electron chi connectivity index (χ4n) is 1.92. The molecule has 0 spiro atoms. The lowest BCUT2D eigenvalue weighted by Gasteiger charge is -2.14. The van der Waals surface area contributed by atoms with Gasteiger partial charge in [-0.05, 0) is 38.1 Å². The van der Waals surface area contributed by atoms with Crippen molar-refractivity contribution in [2.24, 2.45) is 17.8 Å². The third-order valence-corrected chi connectivity index (χ3v) is 3.28. The van der Waals surface area contributed by atoms with Gasteiger partial charge in [-0.25, -0.2) is 0 Å². The van der Waals surface area contributed by atoms with E-state index in [1.54, 1.807) is 0 Å². The summed E-state index contributed by atoms with van der Waals surface area (Å²) in [6.45, 7) is 4.11. The summed E-state index contributed by atoms with van der Waals surface area (Å²) >= 11 is 0. The molecule has 2 nitrogen and oxygen atoms in total. The second kappa shape index (κ2) is 3.41. The molecule has 0 bridgehead atoms. The third-order valence-electron chi connectivity index (χ3n) is 3.28.